The Hall–Kier alpha value is -11.8. The van der Waals surface area contributed by atoms with Gasteiger partial charge in [0.05, 0.1) is 124 Å². The molecule has 27 nitrogen and oxygen atoms in total. The average molecular weight is 1930 g/mol. The molecule has 0 aliphatic carbocycles. The van der Waals surface area contributed by atoms with Crippen molar-refractivity contribution in [2.24, 2.45) is 0 Å². The van der Waals surface area contributed by atoms with E-state index in [0.29, 0.717) is 40.0 Å². The first kappa shape index (κ1) is 93.3. The number of halogens is 2. The zero-order valence-electron chi connectivity index (χ0n) is 69.0. The summed E-state index contributed by atoms with van der Waals surface area (Å²) in [6.07, 6.45) is 22.4. The topological polar surface area (TPSA) is 376 Å². The van der Waals surface area contributed by atoms with Crippen molar-refractivity contribution in [3.05, 3.63) is 236 Å². The van der Waals surface area contributed by atoms with Crippen LogP contribution >= 0.6 is 45.2 Å². The minimum atomic E-state index is -2.02. The molecular formula is C88H100I2N16O11Sn. The predicted octanol–water partition coefficient (Wildman–Crippen LogP) is 21.9. The number of nitrogens with zero attached hydrogens (tertiary/aromatic N) is 9. The molecule has 0 saturated carbocycles. The number of anilines is 5. The molecule has 13 aromatic rings. The number of aromatic amines is 3. The molecule has 0 amide bonds. The van der Waals surface area contributed by atoms with Crippen LogP contribution in [0, 0.1) is 86.9 Å². The zero-order chi connectivity index (χ0) is 86.0. The number of H-pyrrole nitrogens is 3. The number of pyridine rings is 4. The standard InChI is InChI=1S/C21H22N6O.C15H13N3O3.C15H15N3O.C10H9NO3.C7H6INO3.C5H5IN2.3C4H9.C3H3.Sn/c1-12-9-19(22-3)27-21(24-12)25-14-5-6-18(28-4)16(10-14)20-13(2)15-7-8-23-11-17(15)26-20;1-9-11-5-6-16-8-13(11)17-15(9)12-7-10(18(19)20)3-4-14(12)21-2;1-9-11-5-6-17-8-13(11)18-15(9)12-7-10(16)3-4-14(12)19-2;1-3-4-8-7-9(11(12)13)5-6-10(8)14-2;1-12-7-3-2-5(9(10)11)4-6(7)8;6-4-1-2-8-3-5(4)7;3*1-3-4-2;1-3-2;/h5-11,26H,1-4H3,(H2,22,24,25,27);3-8,17H,1-2H3;3-8,18H,16H2,1-2H3;5-7H,1-2H3;2-4H,1H3;1-3H,7H2;3*1,3-4H2,2H3;1H3;. The summed E-state index contributed by atoms with van der Waals surface area (Å²) in [6, 6.07) is 34.6. The van der Waals surface area contributed by atoms with Gasteiger partial charge in [0.15, 0.2) is 0 Å². The van der Waals surface area contributed by atoms with Crippen molar-refractivity contribution < 1.29 is 38.5 Å². The maximum absolute atomic E-state index is 11.0. The second-order valence-electron chi connectivity index (χ2n) is 26.7. The second-order valence-corrected chi connectivity index (χ2v) is 41.3. The van der Waals surface area contributed by atoms with Gasteiger partial charge in [0.1, 0.15) is 34.6 Å². The van der Waals surface area contributed by atoms with E-state index < -0.39 is 33.1 Å². The SMILES string of the molecule is CC#Cc1cc([N+](=O)[O-])ccc1OC.CC#[C][Sn]([CH2]CCC)([CH2]CCC)[CH2]CCC.CNc1cc(C)nc(Nc2ccc(OC)c(-c3[nH]c4cnccc4c3C)c2)n1.COc1ccc(N)cc1-c1[nH]c2cnccc2c1C.COc1ccc([N+](=O)[O-])cc1-c1[nH]c2cnccc2c1C.COc1ccc([N+](=O)[O-])cc1I.Nc1cnccc1I. The molecule has 8 aromatic heterocycles. The number of hydrogen-bond donors (Lipinski definition) is 7. The Kier molecular flexibility index (Phi) is 37.0. The third kappa shape index (κ3) is 25.8. The van der Waals surface area contributed by atoms with Crippen LogP contribution < -0.4 is 45.8 Å². The Labute approximate surface area is 719 Å². The molecule has 0 radical (unpaired) electrons. The van der Waals surface area contributed by atoms with Gasteiger partial charge in [-0.05, 0) is 175 Å². The number of nitro groups is 3. The first-order valence-electron chi connectivity index (χ1n) is 37.8. The molecule has 0 saturated heterocycles. The number of methoxy groups -OCH3 is 5. The van der Waals surface area contributed by atoms with Crippen molar-refractivity contribution in [2.45, 2.75) is 114 Å². The predicted molar refractivity (Wildman–Crippen MR) is 493 cm³/mol. The van der Waals surface area contributed by atoms with Gasteiger partial charge in [0.25, 0.3) is 17.1 Å². The molecule has 30 heteroatoms. The third-order valence-electron chi connectivity index (χ3n) is 18.8. The van der Waals surface area contributed by atoms with E-state index in [9.17, 15) is 30.3 Å². The smallest absolute Gasteiger partial charge is 0.270 e. The van der Waals surface area contributed by atoms with Crippen LogP contribution in [0.1, 0.15) is 101 Å². The van der Waals surface area contributed by atoms with Crippen molar-refractivity contribution in [3.8, 4) is 84.2 Å². The number of aromatic nitrogens is 9. The van der Waals surface area contributed by atoms with Crippen LogP contribution in [-0.4, -0.2) is 121 Å². The van der Waals surface area contributed by atoms with Gasteiger partial charge in [-0.1, -0.05) is 5.92 Å². The van der Waals surface area contributed by atoms with Crippen LogP contribution in [0.5, 0.6) is 28.7 Å². The van der Waals surface area contributed by atoms with Crippen LogP contribution in [0.3, 0.4) is 0 Å². The molecule has 0 spiro atoms. The van der Waals surface area contributed by atoms with Gasteiger partial charge in [0, 0.05) is 128 Å². The van der Waals surface area contributed by atoms with Crippen molar-refractivity contribution in [1.82, 2.24) is 44.9 Å². The van der Waals surface area contributed by atoms with Crippen molar-refractivity contribution in [3.63, 3.8) is 0 Å². The van der Waals surface area contributed by atoms with Crippen molar-refractivity contribution in [1.29, 1.82) is 0 Å². The van der Waals surface area contributed by atoms with Crippen LogP contribution in [0.2, 0.25) is 13.3 Å². The van der Waals surface area contributed by atoms with Gasteiger partial charge in [-0.25, -0.2) is 4.98 Å². The van der Waals surface area contributed by atoms with E-state index in [-0.39, 0.29) is 17.1 Å². The van der Waals surface area contributed by atoms with Gasteiger partial charge < -0.3 is 60.7 Å². The fraction of sp³-hybridized carbons (Fsp3) is 0.273. The van der Waals surface area contributed by atoms with Crippen molar-refractivity contribution >= 4 is 142 Å². The summed E-state index contributed by atoms with van der Waals surface area (Å²) in [5, 5.41) is 41.5. The van der Waals surface area contributed by atoms with Crippen LogP contribution in [0.25, 0.3) is 66.5 Å². The number of nitrogens with one attached hydrogen (secondary N) is 5. The average Bonchev–Trinajstić information content (AvgIpc) is 1.64. The van der Waals surface area contributed by atoms with Crippen LogP contribution in [0.15, 0.2) is 171 Å². The number of rotatable bonds is 23. The van der Waals surface area contributed by atoms with E-state index in [1.54, 1.807) is 77.6 Å². The largest absolute Gasteiger partial charge is 0.496 e. The maximum Gasteiger partial charge on any atom is 0.270 e. The molecule has 13 rings (SSSR count). The number of nitro benzene ring substituents is 3. The van der Waals surface area contributed by atoms with E-state index in [4.69, 9.17) is 35.2 Å². The van der Waals surface area contributed by atoms with E-state index in [0.717, 1.165) is 114 Å². The number of benzene rings is 5. The molecule has 0 aliphatic rings. The first-order valence-corrected chi connectivity index (χ1v) is 47.5. The molecule has 0 aliphatic heterocycles. The Morgan fingerprint density at radius 1 is 0.483 bits per heavy atom. The summed E-state index contributed by atoms with van der Waals surface area (Å²) in [7, 11) is 9.75. The van der Waals surface area contributed by atoms with Gasteiger partial charge in [-0.2, -0.15) is 4.98 Å². The molecule has 616 valence electrons. The summed E-state index contributed by atoms with van der Waals surface area (Å²) in [5.74, 6) is 13.4. The number of ether oxygens (including phenoxy) is 5. The van der Waals surface area contributed by atoms with Gasteiger partial charge in [-0.15, -0.1) is 5.92 Å². The summed E-state index contributed by atoms with van der Waals surface area (Å²) in [5.41, 5.74) is 26.9. The monoisotopic (exact) mass is 1930 g/mol. The summed E-state index contributed by atoms with van der Waals surface area (Å²) in [4.78, 5) is 65.7. The fourth-order valence-corrected chi connectivity index (χ4v) is 27.3. The Balaban J connectivity index is 0.000000195. The van der Waals surface area contributed by atoms with E-state index in [2.05, 4.69) is 141 Å². The molecule has 0 bridgehead atoms. The minimum absolute atomic E-state index is 0.0172. The number of fused-ring (bicyclic) bond motifs is 3. The third-order valence-corrected chi connectivity index (χ3v) is 34.1. The summed E-state index contributed by atoms with van der Waals surface area (Å²) < 4.78 is 36.4. The molecule has 0 fully saturated rings. The number of hydrogen-bond acceptors (Lipinski definition) is 21. The van der Waals surface area contributed by atoms with E-state index >= 15 is 0 Å². The molecule has 5 aromatic carbocycles. The number of unbranched alkanes of at least 4 members (excludes halogenated alkanes) is 3. The second kappa shape index (κ2) is 46.8. The molecular weight excluding hydrogens is 1830 g/mol. The van der Waals surface area contributed by atoms with Crippen LogP contribution in [0.4, 0.5) is 45.9 Å². The number of nitrogens with two attached hydrogens (primary N) is 2. The molecule has 0 unspecified atom stereocenters. The summed E-state index contributed by atoms with van der Waals surface area (Å²) >= 11 is 2.13. The van der Waals surface area contributed by atoms with E-state index in [1.165, 1.54) is 114 Å². The number of non-ortho nitro benzene ring substituents is 3. The van der Waals surface area contributed by atoms with Crippen molar-refractivity contribution in [2.75, 3.05) is 64.7 Å². The minimum Gasteiger partial charge on any atom is -0.496 e. The fourth-order valence-electron chi connectivity index (χ4n) is 12.7. The Bertz CT molecular complexity index is 5660. The van der Waals surface area contributed by atoms with Gasteiger partial charge >= 0.3 is 108 Å². The zero-order valence-corrected chi connectivity index (χ0v) is 76.1. The van der Waals surface area contributed by atoms with E-state index in [1.807, 2.05) is 123 Å². The molecule has 0 atom stereocenters. The Morgan fingerprint density at radius 3 is 1.31 bits per heavy atom. The molecule has 118 heavy (non-hydrogen) atoms. The first-order chi connectivity index (χ1) is 56.8. The maximum atomic E-state index is 11.0. The molecule has 8 heterocycles. The number of aryl methyl sites for hydroxylation is 4. The Morgan fingerprint density at radius 2 is 0.898 bits per heavy atom. The summed E-state index contributed by atoms with van der Waals surface area (Å²) in [6.45, 7) is 18.7. The van der Waals surface area contributed by atoms with Crippen LogP contribution in [-0.2, 0) is 0 Å². The normalized spacial score (nSPS) is 10.3. The van der Waals surface area contributed by atoms with Gasteiger partial charge in [-0.3, -0.25) is 50.3 Å². The number of nitrogen functional groups attached to an aromatic ring is 2. The van der Waals surface area contributed by atoms with Gasteiger partial charge in [0.2, 0.25) is 5.95 Å². The quantitative estimate of drug-likeness (QED) is 0.00781. The molecule has 9 N–H and O–H groups in total.